The van der Waals surface area contributed by atoms with Crippen molar-refractivity contribution in [1.29, 1.82) is 0 Å². The van der Waals surface area contributed by atoms with E-state index in [9.17, 15) is 4.79 Å². The third-order valence-electron chi connectivity index (χ3n) is 3.42. The van der Waals surface area contributed by atoms with Crippen LogP contribution in [0.1, 0.15) is 22.8 Å². The van der Waals surface area contributed by atoms with Gasteiger partial charge in [0.25, 0.3) is 0 Å². The van der Waals surface area contributed by atoms with Crippen LogP contribution in [-0.2, 0) is 11.3 Å². The Hall–Kier alpha value is -2.88. The number of fused-ring (bicyclic) bond motifs is 1. The number of aromatic nitrogens is 1. The van der Waals surface area contributed by atoms with Crippen molar-refractivity contribution in [3.8, 4) is 5.75 Å². The van der Waals surface area contributed by atoms with Crippen LogP contribution in [0.5, 0.6) is 5.75 Å². The van der Waals surface area contributed by atoms with Crippen LogP contribution in [-0.4, -0.2) is 17.6 Å². The second-order valence-corrected chi connectivity index (χ2v) is 5.05. The van der Waals surface area contributed by atoms with Crippen LogP contribution in [0, 0.1) is 0 Å². The van der Waals surface area contributed by atoms with Gasteiger partial charge in [-0.2, -0.15) is 0 Å². The number of hydrogen-bond donors (Lipinski definition) is 0. The normalized spacial score (nSPS) is 10.5. The summed E-state index contributed by atoms with van der Waals surface area (Å²) >= 11 is 0. The van der Waals surface area contributed by atoms with Crippen molar-refractivity contribution < 1.29 is 14.3 Å². The molecule has 0 saturated carbocycles. The number of pyridine rings is 1. The van der Waals surface area contributed by atoms with E-state index in [1.165, 1.54) is 6.20 Å². The summed E-state index contributed by atoms with van der Waals surface area (Å²) < 4.78 is 10.9. The van der Waals surface area contributed by atoms with Gasteiger partial charge in [-0.25, -0.2) is 4.79 Å². The molecule has 0 N–H and O–H groups in total. The minimum absolute atomic E-state index is 0.344. The Morgan fingerprint density at radius 3 is 2.70 bits per heavy atom. The summed E-state index contributed by atoms with van der Waals surface area (Å²) in [5.74, 6) is 0.333. The lowest BCUT2D eigenvalue weighted by Crippen LogP contribution is -2.05. The topological polar surface area (TPSA) is 48.4 Å². The average Bonchev–Trinajstić information content (AvgIpc) is 2.60. The zero-order valence-corrected chi connectivity index (χ0v) is 12.9. The zero-order valence-electron chi connectivity index (χ0n) is 12.9. The number of ether oxygens (including phenoxy) is 2. The summed E-state index contributed by atoms with van der Waals surface area (Å²) in [5, 5.41) is 0.848. The van der Waals surface area contributed by atoms with Gasteiger partial charge >= 0.3 is 5.97 Å². The first-order chi connectivity index (χ1) is 11.3. The molecule has 4 heteroatoms. The number of esters is 1. The van der Waals surface area contributed by atoms with Gasteiger partial charge in [-0.15, -0.1) is 0 Å². The highest BCUT2D eigenvalue weighted by atomic mass is 16.5. The number of para-hydroxylation sites is 1. The minimum atomic E-state index is -0.363. The number of nitrogens with zero attached hydrogens (tertiary/aromatic N) is 1. The van der Waals surface area contributed by atoms with Crippen molar-refractivity contribution in [3.63, 3.8) is 0 Å². The monoisotopic (exact) mass is 307 g/mol. The predicted molar refractivity (Wildman–Crippen MR) is 88.5 cm³/mol. The molecule has 1 heterocycles. The molecule has 2 aromatic carbocycles. The van der Waals surface area contributed by atoms with Crippen LogP contribution >= 0.6 is 0 Å². The van der Waals surface area contributed by atoms with Gasteiger partial charge < -0.3 is 9.47 Å². The van der Waals surface area contributed by atoms with Crippen molar-refractivity contribution in [2.24, 2.45) is 0 Å². The smallest absolute Gasteiger partial charge is 0.339 e. The molecule has 0 aliphatic carbocycles. The Kier molecular flexibility index (Phi) is 4.52. The van der Waals surface area contributed by atoms with E-state index in [2.05, 4.69) is 4.98 Å². The van der Waals surface area contributed by atoms with Crippen LogP contribution in [0.15, 0.2) is 60.8 Å². The molecule has 3 aromatic rings. The highest BCUT2D eigenvalue weighted by Gasteiger charge is 2.10. The van der Waals surface area contributed by atoms with E-state index in [0.717, 1.165) is 16.5 Å². The lowest BCUT2D eigenvalue weighted by molar-refractivity contribution is 0.0526. The second-order valence-electron chi connectivity index (χ2n) is 5.05. The summed E-state index contributed by atoms with van der Waals surface area (Å²) in [5.41, 5.74) is 2.27. The largest absolute Gasteiger partial charge is 0.487 e. The maximum atomic E-state index is 11.8. The van der Waals surface area contributed by atoms with Gasteiger partial charge in [-0.3, -0.25) is 4.98 Å². The van der Waals surface area contributed by atoms with Crippen molar-refractivity contribution in [1.82, 2.24) is 4.98 Å². The second kappa shape index (κ2) is 6.92. The number of carbonyl (C=O) groups excluding carboxylic acids is 1. The van der Waals surface area contributed by atoms with E-state index in [0.29, 0.717) is 24.5 Å². The summed E-state index contributed by atoms with van der Waals surface area (Å²) in [7, 11) is 0. The van der Waals surface area contributed by atoms with Gasteiger partial charge in [0, 0.05) is 11.6 Å². The molecule has 23 heavy (non-hydrogen) atoms. The molecule has 0 amide bonds. The van der Waals surface area contributed by atoms with E-state index in [-0.39, 0.29) is 5.97 Å². The van der Waals surface area contributed by atoms with Crippen LogP contribution in [0.3, 0.4) is 0 Å². The van der Waals surface area contributed by atoms with Crippen molar-refractivity contribution in [2.75, 3.05) is 6.61 Å². The SMILES string of the molecule is CCOC(=O)c1cnc2c(OCc3ccccc3)cccc2c1. The Bertz CT molecular complexity index is 815. The molecule has 0 radical (unpaired) electrons. The predicted octanol–water partition coefficient (Wildman–Crippen LogP) is 3.99. The van der Waals surface area contributed by atoms with Gasteiger partial charge in [0.05, 0.1) is 12.2 Å². The maximum Gasteiger partial charge on any atom is 0.339 e. The molecule has 116 valence electrons. The zero-order chi connectivity index (χ0) is 16.1. The lowest BCUT2D eigenvalue weighted by atomic mass is 10.1. The summed E-state index contributed by atoms with van der Waals surface area (Å²) in [6, 6.07) is 17.4. The molecule has 0 aliphatic rings. The van der Waals surface area contributed by atoms with Gasteiger partial charge in [0.2, 0.25) is 0 Å². The number of benzene rings is 2. The fraction of sp³-hybridized carbons (Fsp3) is 0.158. The molecule has 0 saturated heterocycles. The highest BCUT2D eigenvalue weighted by Crippen LogP contribution is 2.25. The molecule has 0 atom stereocenters. The highest BCUT2D eigenvalue weighted by molar-refractivity contribution is 5.95. The van der Waals surface area contributed by atoms with E-state index in [1.807, 2.05) is 48.5 Å². The van der Waals surface area contributed by atoms with Gasteiger partial charge in [-0.05, 0) is 24.6 Å². The van der Waals surface area contributed by atoms with E-state index in [4.69, 9.17) is 9.47 Å². The first-order valence-electron chi connectivity index (χ1n) is 7.50. The first kappa shape index (κ1) is 15.0. The van der Waals surface area contributed by atoms with Crippen molar-refractivity contribution in [3.05, 3.63) is 71.9 Å². The van der Waals surface area contributed by atoms with E-state index in [1.54, 1.807) is 13.0 Å². The fourth-order valence-corrected chi connectivity index (χ4v) is 2.31. The number of rotatable bonds is 5. The Labute approximate surface area is 134 Å². The molecule has 1 aromatic heterocycles. The first-order valence-corrected chi connectivity index (χ1v) is 7.50. The van der Waals surface area contributed by atoms with E-state index < -0.39 is 0 Å². The summed E-state index contributed by atoms with van der Waals surface area (Å²) in [6.07, 6.45) is 1.52. The lowest BCUT2D eigenvalue weighted by Gasteiger charge is -2.09. The molecular formula is C19H17NO3. The van der Waals surface area contributed by atoms with Crippen LogP contribution in [0.4, 0.5) is 0 Å². The number of carbonyl (C=O) groups is 1. The standard InChI is InChI=1S/C19H17NO3/c1-2-22-19(21)16-11-15-9-6-10-17(18(15)20-12-16)23-13-14-7-4-3-5-8-14/h3-12H,2,13H2,1H3. The van der Waals surface area contributed by atoms with Crippen molar-refractivity contribution in [2.45, 2.75) is 13.5 Å². The third kappa shape index (κ3) is 3.48. The average molecular weight is 307 g/mol. The van der Waals surface area contributed by atoms with E-state index >= 15 is 0 Å². The molecule has 0 aliphatic heterocycles. The molecule has 3 rings (SSSR count). The Balaban J connectivity index is 1.85. The quantitative estimate of drug-likeness (QED) is 0.669. The van der Waals surface area contributed by atoms with Crippen LogP contribution in [0.2, 0.25) is 0 Å². The Morgan fingerprint density at radius 2 is 1.91 bits per heavy atom. The Morgan fingerprint density at radius 1 is 1.09 bits per heavy atom. The van der Waals surface area contributed by atoms with Crippen LogP contribution in [0.25, 0.3) is 10.9 Å². The van der Waals surface area contributed by atoms with Gasteiger partial charge in [0.1, 0.15) is 17.9 Å². The van der Waals surface area contributed by atoms with Gasteiger partial charge in [-0.1, -0.05) is 42.5 Å². The minimum Gasteiger partial charge on any atom is -0.487 e. The third-order valence-corrected chi connectivity index (χ3v) is 3.42. The maximum absolute atomic E-state index is 11.8. The molecule has 0 unspecified atom stereocenters. The van der Waals surface area contributed by atoms with Gasteiger partial charge in [0.15, 0.2) is 0 Å². The molecular weight excluding hydrogens is 290 g/mol. The molecule has 0 fully saturated rings. The van der Waals surface area contributed by atoms with Crippen molar-refractivity contribution >= 4 is 16.9 Å². The summed E-state index contributed by atoms with van der Waals surface area (Å²) in [4.78, 5) is 16.2. The number of hydrogen-bond acceptors (Lipinski definition) is 4. The summed E-state index contributed by atoms with van der Waals surface area (Å²) in [6.45, 7) is 2.60. The molecule has 0 bridgehead atoms. The van der Waals surface area contributed by atoms with Crippen LogP contribution < -0.4 is 4.74 Å². The molecule has 0 spiro atoms. The molecule has 4 nitrogen and oxygen atoms in total. The fourth-order valence-electron chi connectivity index (χ4n) is 2.31.